The molecule has 0 aliphatic heterocycles. The summed E-state index contributed by atoms with van der Waals surface area (Å²) in [4.78, 5) is 0. The van der Waals surface area contributed by atoms with E-state index < -0.39 is 5.41 Å². The van der Waals surface area contributed by atoms with Crippen LogP contribution in [0.5, 0.6) is 0 Å². The predicted octanol–water partition coefficient (Wildman–Crippen LogP) is 3.22. The first kappa shape index (κ1) is 9.80. The van der Waals surface area contributed by atoms with Crippen molar-refractivity contribution < 1.29 is 0 Å². The summed E-state index contributed by atoms with van der Waals surface area (Å²) in [7, 11) is 0. The van der Waals surface area contributed by atoms with Crippen LogP contribution in [0.25, 0.3) is 0 Å². The fourth-order valence-corrected chi connectivity index (χ4v) is 1.34. The van der Waals surface area contributed by atoms with Crippen LogP contribution in [0.4, 0.5) is 0 Å². The second kappa shape index (κ2) is 3.22. The molecule has 0 amide bonds. The molecule has 0 unspecified atom stereocenters. The Morgan fingerprint density at radius 3 is 1.77 bits per heavy atom. The highest BCUT2D eigenvalue weighted by Crippen LogP contribution is 2.41. The van der Waals surface area contributed by atoms with Crippen LogP contribution >= 0.6 is 0 Å². The van der Waals surface area contributed by atoms with Crippen molar-refractivity contribution in [3.8, 4) is 6.07 Å². The third-order valence-corrected chi connectivity index (χ3v) is 2.48. The third kappa shape index (κ3) is 1.72. The van der Waals surface area contributed by atoms with Gasteiger partial charge in [-0.3, -0.25) is 0 Å². The van der Waals surface area contributed by atoms with Gasteiger partial charge in [-0.25, -0.2) is 0 Å². The fraction of sp³-hybridized carbons (Fsp3) is 0.417. The quantitative estimate of drug-likeness (QED) is 0.551. The van der Waals surface area contributed by atoms with Gasteiger partial charge < -0.3 is 0 Å². The summed E-state index contributed by atoms with van der Waals surface area (Å²) >= 11 is 0. The van der Waals surface area contributed by atoms with E-state index in [9.17, 15) is 5.26 Å². The number of nitrogens with zero attached hydrogens (tertiary/aromatic N) is 1. The zero-order valence-electron chi connectivity index (χ0n) is 8.41. The maximum atomic E-state index is 9.22. The zero-order valence-corrected chi connectivity index (χ0v) is 8.41. The van der Waals surface area contributed by atoms with Crippen LogP contribution in [0, 0.1) is 22.2 Å². The van der Waals surface area contributed by atoms with E-state index in [0.29, 0.717) is 0 Å². The van der Waals surface area contributed by atoms with E-state index in [1.165, 1.54) is 0 Å². The minimum Gasteiger partial charge on any atom is -0.197 e. The average molecular weight is 173 g/mol. The second-order valence-electron chi connectivity index (χ2n) is 4.33. The van der Waals surface area contributed by atoms with Gasteiger partial charge in [0.15, 0.2) is 0 Å². The SMILES string of the molecule is CC(C)(C)C1(C#N)C=CC=CC=C1. The Kier molecular flexibility index (Phi) is 2.43. The molecular weight excluding hydrogens is 158 g/mol. The maximum Gasteiger partial charge on any atom is 0.0987 e. The number of hydrogen-bond donors (Lipinski definition) is 0. The van der Waals surface area contributed by atoms with Gasteiger partial charge in [-0.1, -0.05) is 57.2 Å². The highest BCUT2D eigenvalue weighted by Gasteiger charge is 2.37. The van der Waals surface area contributed by atoms with Crippen LogP contribution in [0.15, 0.2) is 36.5 Å². The molecule has 1 rings (SSSR count). The van der Waals surface area contributed by atoms with Crippen LogP contribution in [0.2, 0.25) is 0 Å². The molecule has 0 fully saturated rings. The highest BCUT2D eigenvalue weighted by molar-refractivity contribution is 5.33. The Labute approximate surface area is 80.1 Å². The molecule has 0 N–H and O–H groups in total. The monoisotopic (exact) mass is 173 g/mol. The molecule has 0 heterocycles. The summed E-state index contributed by atoms with van der Waals surface area (Å²) in [6, 6.07) is 2.38. The minimum atomic E-state index is -0.476. The lowest BCUT2D eigenvalue weighted by Crippen LogP contribution is -2.30. The molecule has 1 aliphatic carbocycles. The summed E-state index contributed by atoms with van der Waals surface area (Å²) in [5, 5.41) is 9.22. The van der Waals surface area contributed by atoms with E-state index in [2.05, 4.69) is 26.8 Å². The topological polar surface area (TPSA) is 23.8 Å². The van der Waals surface area contributed by atoms with Crippen molar-refractivity contribution in [3.63, 3.8) is 0 Å². The summed E-state index contributed by atoms with van der Waals surface area (Å²) in [6.45, 7) is 6.24. The highest BCUT2D eigenvalue weighted by atomic mass is 14.4. The molecule has 0 saturated heterocycles. The van der Waals surface area contributed by atoms with Gasteiger partial charge in [-0.2, -0.15) is 5.26 Å². The van der Waals surface area contributed by atoms with Crippen molar-refractivity contribution in [2.45, 2.75) is 20.8 Å². The molecule has 0 aromatic heterocycles. The molecule has 1 nitrogen and oxygen atoms in total. The molecule has 0 bridgehead atoms. The van der Waals surface area contributed by atoms with Gasteiger partial charge in [0.1, 0.15) is 0 Å². The van der Waals surface area contributed by atoms with Crippen LogP contribution in [0.3, 0.4) is 0 Å². The average Bonchev–Trinajstić information content (AvgIpc) is 2.27. The van der Waals surface area contributed by atoms with Crippen molar-refractivity contribution >= 4 is 0 Å². The molecule has 0 saturated carbocycles. The van der Waals surface area contributed by atoms with Crippen molar-refractivity contribution in [2.24, 2.45) is 10.8 Å². The number of rotatable bonds is 0. The minimum absolute atomic E-state index is 0.0687. The van der Waals surface area contributed by atoms with E-state index in [1.807, 2.05) is 36.5 Å². The molecule has 0 aromatic carbocycles. The number of allylic oxidation sites excluding steroid dienone is 6. The van der Waals surface area contributed by atoms with Gasteiger partial charge in [0.25, 0.3) is 0 Å². The van der Waals surface area contributed by atoms with Crippen molar-refractivity contribution in [3.05, 3.63) is 36.5 Å². The summed E-state index contributed by atoms with van der Waals surface area (Å²) in [5.41, 5.74) is -0.544. The molecule has 0 aromatic rings. The van der Waals surface area contributed by atoms with Gasteiger partial charge in [0, 0.05) is 0 Å². The van der Waals surface area contributed by atoms with Crippen molar-refractivity contribution in [1.29, 1.82) is 5.26 Å². The van der Waals surface area contributed by atoms with Gasteiger partial charge in [-0.15, -0.1) is 0 Å². The molecule has 1 heteroatoms. The van der Waals surface area contributed by atoms with Crippen molar-refractivity contribution in [1.82, 2.24) is 0 Å². The molecule has 0 radical (unpaired) electrons. The van der Waals surface area contributed by atoms with E-state index in [0.717, 1.165) is 0 Å². The predicted molar refractivity (Wildman–Crippen MR) is 54.9 cm³/mol. The van der Waals surface area contributed by atoms with Crippen LogP contribution in [-0.2, 0) is 0 Å². The largest absolute Gasteiger partial charge is 0.197 e. The smallest absolute Gasteiger partial charge is 0.0987 e. The first-order chi connectivity index (χ1) is 6.02. The lowest BCUT2D eigenvalue weighted by Gasteiger charge is -2.33. The normalized spacial score (nSPS) is 19.5. The summed E-state index contributed by atoms with van der Waals surface area (Å²) in [6.07, 6.45) is 11.7. The van der Waals surface area contributed by atoms with E-state index in [1.54, 1.807) is 0 Å². The first-order valence-corrected chi connectivity index (χ1v) is 4.47. The van der Waals surface area contributed by atoms with Crippen LogP contribution < -0.4 is 0 Å². The van der Waals surface area contributed by atoms with Crippen LogP contribution in [0.1, 0.15) is 20.8 Å². The first-order valence-electron chi connectivity index (χ1n) is 4.47. The van der Waals surface area contributed by atoms with Gasteiger partial charge in [0.05, 0.1) is 11.5 Å². The lowest BCUT2D eigenvalue weighted by molar-refractivity contribution is 0.271. The van der Waals surface area contributed by atoms with Gasteiger partial charge in [-0.05, 0) is 5.41 Å². The Balaban J connectivity index is 3.17. The molecule has 0 spiro atoms. The Morgan fingerprint density at radius 2 is 1.46 bits per heavy atom. The Bertz CT molecular complexity index is 289. The van der Waals surface area contributed by atoms with Crippen LogP contribution in [-0.4, -0.2) is 0 Å². The summed E-state index contributed by atoms with van der Waals surface area (Å²) in [5.74, 6) is 0. The van der Waals surface area contributed by atoms with E-state index in [-0.39, 0.29) is 5.41 Å². The lowest BCUT2D eigenvalue weighted by atomic mass is 9.67. The molecular formula is C12H15N. The van der Waals surface area contributed by atoms with E-state index in [4.69, 9.17) is 0 Å². The standard InChI is InChI=1S/C12H15N/c1-11(2,3)12(10-13)8-6-4-5-7-9-12/h4-9H,1-3H3. The molecule has 1 aliphatic rings. The maximum absolute atomic E-state index is 9.22. The zero-order chi connectivity index (χ0) is 9.95. The summed E-state index contributed by atoms with van der Waals surface area (Å²) < 4.78 is 0. The Hall–Kier alpha value is -1.29. The number of hydrogen-bond acceptors (Lipinski definition) is 1. The number of nitriles is 1. The Morgan fingerprint density at radius 1 is 1.00 bits per heavy atom. The molecule has 68 valence electrons. The second-order valence-corrected chi connectivity index (χ2v) is 4.33. The molecule has 0 atom stereocenters. The third-order valence-electron chi connectivity index (χ3n) is 2.48. The fourth-order valence-electron chi connectivity index (χ4n) is 1.34. The molecule has 13 heavy (non-hydrogen) atoms. The van der Waals surface area contributed by atoms with Gasteiger partial charge >= 0.3 is 0 Å². The van der Waals surface area contributed by atoms with Crippen molar-refractivity contribution in [2.75, 3.05) is 0 Å². The van der Waals surface area contributed by atoms with E-state index >= 15 is 0 Å². The van der Waals surface area contributed by atoms with Gasteiger partial charge in [0.2, 0.25) is 0 Å².